The molecule has 0 radical (unpaired) electrons. The first-order chi connectivity index (χ1) is 19.3. The smallest absolute Gasteiger partial charge is 0.305 e. The van der Waals surface area contributed by atoms with Crippen molar-refractivity contribution in [3.05, 3.63) is 23.3 Å². The molecule has 41 heavy (non-hydrogen) atoms. The molecule has 0 aliphatic heterocycles. The topological polar surface area (TPSA) is 82.1 Å². The van der Waals surface area contributed by atoms with Crippen molar-refractivity contribution >= 4 is 11.9 Å². The second kappa shape index (κ2) is 18.3. The van der Waals surface area contributed by atoms with Crippen molar-refractivity contribution in [2.24, 2.45) is 11.8 Å². The molecule has 0 fully saturated rings. The fourth-order valence-electron chi connectivity index (χ4n) is 5.45. The van der Waals surface area contributed by atoms with Crippen molar-refractivity contribution in [3.63, 3.8) is 0 Å². The van der Waals surface area contributed by atoms with Crippen LogP contribution in [0.25, 0.3) is 0 Å². The number of ether oxygens (including phenoxy) is 3. The molecule has 0 aliphatic rings. The summed E-state index contributed by atoms with van der Waals surface area (Å²) in [5, 5.41) is 11.2. The fraction of sp³-hybridized carbons (Fsp3) is 0.771. The van der Waals surface area contributed by atoms with Crippen molar-refractivity contribution in [2.75, 3.05) is 20.3 Å². The van der Waals surface area contributed by atoms with Crippen LogP contribution in [-0.4, -0.2) is 37.4 Å². The summed E-state index contributed by atoms with van der Waals surface area (Å²) in [5.74, 6) is 1.92. The molecule has 0 aromatic heterocycles. The Morgan fingerprint density at radius 3 is 1.61 bits per heavy atom. The lowest BCUT2D eigenvalue weighted by Gasteiger charge is -2.32. The van der Waals surface area contributed by atoms with Gasteiger partial charge in [-0.2, -0.15) is 0 Å². The van der Waals surface area contributed by atoms with Gasteiger partial charge in [-0.05, 0) is 73.3 Å². The van der Waals surface area contributed by atoms with E-state index in [9.17, 15) is 14.7 Å². The molecular weight excluding hydrogens is 516 g/mol. The van der Waals surface area contributed by atoms with Crippen LogP contribution in [0.2, 0.25) is 0 Å². The predicted molar refractivity (Wildman–Crippen MR) is 168 cm³/mol. The molecule has 1 aromatic carbocycles. The zero-order valence-electron chi connectivity index (χ0n) is 27.7. The van der Waals surface area contributed by atoms with Crippen molar-refractivity contribution in [1.82, 2.24) is 0 Å². The summed E-state index contributed by atoms with van der Waals surface area (Å²) in [4.78, 5) is 23.2. The van der Waals surface area contributed by atoms with Gasteiger partial charge in [0, 0.05) is 24.0 Å². The largest absolute Gasteiger partial charge is 0.508 e. The molecule has 1 N–H and O–H groups in total. The summed E-state index contributed by atoms with van der Waals surface area (Å²) in [7, 11) is 1.71. The molecule has 2 unspecified atom stereocenters. The van der Waals surface area contributed by atoms with Crippen LogP contribution in [0.1, 0.15) is 144 Å². The van der Waals surface area contributed by atoms with Crippen LogP contribution in [0.3, 0.4) is 0 Å². The van der Waals surface area contributed by atoms with E-state index in [0.29, 0.717) is 43.6 Å². The molecule has 6 nitrogen and oxygen atoms in total. The molecule has 0 amide bonds. The minimum absolute atomic E-state index is 0.101. The third-order valence-electron chi connectivity index (χ3n) is 8.43. The van der Waals surface area contributed by atoms with E-state index >= 15 is 0 Å². The molecule has 0 saturated heterocycles. The molecule has 236 valence electrons. The number of benzene rings is 1. The fourth-order valence-corrected chi connectivity index (χ4v) is 5.45. The Balaban J connectivity index is 2.71. The van der Waals surface area contributed by atoms with E-state index in [4.69, 9.17) is 14.2 Å². The predicted octanol–water partition coefficient (Wildman–Crippen LogP) is 9.04. The Bertz CT molecular complexity index is 919. The molecule has 0 bridgehead atoms. The molecule has 0 heterocycles. The van der Waals surface area contributed by atoms with Gasteiger partial charge in [-0.1, -0.05) is 81.1 Å². The van der Waals surface area contributed by atoms with Gasteiger partial charge in [0.05, 0.1) is 20.3 Å². The average Bonchev–Trinajstić information content (AvgIpc) is 2.88. The summed E-state index contributed by atoms with van der Waals surface area (Å²) in [6.07, 6.45) is 10.5. The van der Waals surface area contributed by atoms with Gasteiger partial charge < -0.3 is 19.3 Å². The zero-order chi connectivity index (χ0) is 31.1. The lowest BCUT2D eigenvalue weighted by atomic mass is 9.75. The highest BCUT2D eigenvalue weighted by molar-refractivity contribution is 5.69. The van der Waals surface area contributed by atoms with Crippen LogP contribution >= 0.6 is 0 Å². The second-order valence-electron chi connectivity index (χ2n) is 13.4. The monoisotopic (exact) mass is 576 g/mol. The Labute approximate surface area is 250 Å². The van der Waals surface area contributed by atoms with Gasteiger partial charge in [0.1, 0.15) is 11.5 Å². The maximum atomic E-state index is 11.6. The first-order valence-corrected chi connectivity index (χ1v) is 16.0. The molecular formula is C35H60O6. The maximum Gasteiger partial charge on any atom is 0.305 e. The number of hydrogen-bond acceptors (Lipinski definition) is 6. The highest BCUT2D eigenvalue weighted by Crippen LogP contribution is 2.44. The van der Waals surface area contributed by atoms with E-state index in [-0.39, 0.29) is 22.8 Å². The van der Waals surface area contributed by atoms with Gasteiger partial charge in [-0.3, -0.25) is 9.59 Å². The van der Waals surface area contributed by atoms with Gasteiger partial charge in [0.25, 0.3) is 0 Å². The third-order valence-corrected chi connectivity index (χ3v) is 8.43. The van der Waals surface area contributed by atoms with Crippen molar-refractivity contribution < 1.29 is 28.9 Å². The van der Waals surface area contributed by atoms with E-state index in [1.165, 1.54) is 0 Å². The third kappa shape index (κ3) is 13.5. The van der Waals surface area contributed by atoms with Gasteiger partial charge in [-0.25, -0.2) is 0 Å². The van der Waals surface area contributed by atoms with E-state index in [1.807, 2.05) is 26.0 Å². The van der Waals surface area contributed by atoms with Gasteiger partial charge >= 0.3 is 11.9 Å². The molecule has 6 heteroatoms. The lowest BCUT2D eigenvalue weighted by Crippen LogP contribution is -2.22. The SMILES string of the molecule is CCCC(=O)OCCC(C)CCCC(C)(C)c1cc(OC)c(C(C)(C)CCCC(C)CCOC(=O)CCC)cc1O. The van der Waals surface area contributed by atoms with Crippen LogP contribution in [0.15, 0.2) is 12.1 Å². The van der Waals surface area contributed by atoms with E-state index in [1.54, 1.807) is 7.11 Å². The molecule has 1 rings (SSSR count). The van der Waals surface area contributed by atoms with E-state index in [0.717, 1.165) is 81.1 Å². The van der Waals surface area contributed by atoms with Crippen LogP contribution in [-0.2, 0) is 29.9 Å². The first kappa shape index (κ1) is 36.8. The summed E-state index contributed by atoms with van der Waals surface area (Å²) >= 11 is 0. The van der Waals surface area contributed by atoms with Gasteiger partial charge in [-0.15, -0.1) is 0 Å². The molecule has 0 aliphatic carbocycles. The van der Waals surface area contributed by atoms with Crippen LogP contribution in [0.4, 0.5) is 0 Å². The molecule has 0 saturated carbocycles. The normalized spacial score (nSPS) is 13.5. The van der Waals surface area contributed by atoms with Crippen LogP contribution in [0, 0.1) is 11.8 Å². The lowest BCUT2D eigenvalue weighted by molar-refractivity contribution is -0.145. The maximum absolute atomic E-state index is 11.6. The Morgan fingerprint density at radius 2 is 1.20 bits per heavy atom. The van der Waals surface area contributed by atoms with Crippen molar-refractivity contribution in [3.8, 4) is 11.5 Å². The number of phenolic OH excluding ortho intramolecular Hbond substituents is 1. The minimum Gasteiger partial charge on any atom is -0.508 e. The minimum atomic E-state index is -0.205. The Morgan fingerprint density at radius 1 is 0.756 bits per heavy atom. The van der Waals surface area contributed by atoms with Crippen LogP contribution in [0.5, 0.6) is 11.5 Å². The van der Waals surface area contributed by atoms with E-state index < -0.39 is 0 Å². The average molecular weight is 577 g/mol. The number of hydrogen-bond donors (Lipinski definition) is 1. The summed E-state index contributed by atoms with van der Waals surface area (Å²) in [5.41, 5.74) is 1.59. The number of esters is 2. The highest BCUT2D eigenvalue weighted by Gasteiger charge is 2.30. The Kier molecular flexibility index (Phi) is 16.4. The van der Waals surface area contributed by atoms with Crippen molar-refractivity contribution in [1.29, 1.82) is 0 Å². The number of rotatable bonds is 21. The van der Waals surface area contributed by atoms with Crippen molar-refractivity contribution in [2.45, 2.75) is 143 Å². The van der Waals surface area contributed by atoms with Gasteiger partial charge in [0.15, 0.2) is 0 Å². The number of methoxy groups -OCH3 is 1. The molecule has 1 aromatic rings. The number of carbonyl (C=O) groups excluding carboxylic acids is 2. The van der Waals surface area contributed by atoms with Crippen LogP contribution < -0.4 is 4.74 Å². The highest BCUT2D eigenvalue weighted by atomic mass is 16.5. The molecule has 2 atom stereocenters. The first-order valence-electron chi connectivity index (χ1n) is 16.0. The van der Waals surface area contributed by atoms with Gasteiger partial charge in [0.2, 0.25) is 0 Å². The quantitative estimate of drug-likeness (QED) is 0.147. The second-order valence-corrected chi connectivity index (χ2v) is 13.4. The standard InChI is InChI=1S/C35H60O6/c1-10-14-32(37)40-22-18-26(3)16-12-20-34(5,6)28-25-31(39-9)29(24-30(28)36)35(7,8)21-13-17-27(4)19-23-41-33(38)15-11-2/h24-27,36H,10-23H2,1-9H3. The molecule has 0 spiro atoms. The van der Waals surface area contributed by atoms with E-state index in [2.05, 4.69) is 41.5 Å². The number of aromatic hydroxyl groups is 1. The summed E-state index contributed by atoms with van der Waals surface area (Å²) < 4.78 is 16.5. The number of phenols is 1. The number of carbonyl (C=O) groups is 2. The Hall–Kier alpha value is -2.24. The summed E-state index contributed by atoms with van der Waals surface area (Å²) in [6.45, 7) is 18.2. The summed E-state index contributed by atoms with van der Waals surface area (Å²) in [6, 6.07) is 3.95. The zero-order valence-corrected chi connectivity index (χ0v) is 27.7.